The third-order valence-electron chi connectivity index (χ3n) is 1.85. The highest BCUT2D eigenvalue weighted by atomic mass is 35.5. The molecule has 0 aliphatic heterocycles. The lowest BCUT2D eigenvalue weighted by atomic mass is 9.96. The summed E-state index contributed by atoms with van der Waals surface area (Å²) in [5.41, 5.74) is 8.79. The Balaban J connectivity index is 3.07. The van der Waals surface area contributed by atoms with E-state index in [1.807, 2.05) is 26.0 Å². The van der Waals surface area contributed by atoms with Crippen LogP contribution in [0.15, 0.2) is 29.4 Å². The van der Waals surface area contributed by atoms with Crippen molar-refractivity contribution in [1.82, 2.24) is 0 Å². The molecule has 13 heavy (non-hydrogen) atoms. The molecule has 0 atom stereocenters. The molecule has 0 spiro atoms. The summed E-state index contributed by atoms with van der Waals surface area (Å²) < 4.78 is 0. The van der Waals surface area contributed by atoms with Gasteiger partial charge in [0.25, 0.3) is 0 Å². The summed E-state index contributed by atoms with van der Waals surface area (Å²) in [6.45, 7) is 3.71. The lowest BCUT2D eigenvalue weighted by Gasteiger charge is -2.17. The predicted molar refractivity (Wildman–Crippen MR) is 53.6 cm³/mol. The van der Waals surface area contributed by atoms with Gasteiger partial charge >= 0.3 is 0 Å². The monoisotopic (exact) mass is 195 g/mol. The summed E-state index contributed by atoms with van der Waals surface area (Å²) in [7, 11) is 0. The van der Waals surface area contributed by atoms with E-state index >= 15 is 0 Å². The largest absolute Gasteiger partial charge is 0.0843 e. The molecule has 0 amide bonds. The quantitative estimate of drug-likeness (QED) is 0.391. The van der Waals surface area contributed by atoms with Crippen molar-refractivity contribution in [3.63, 3.8) is 0 Å². The third-order valence-corrected chi connectivity index (χ3v) is 2.10. The maximum atomic E-state index is 8.35. The minimum Gasteiger partial charge on any atom is -0.0843 e. The molecule has 1 rings (SSSR count). The number of hydrogen-bond acceptors (Lipinski definition) is 1. The number of azide groups is 1. The van der Waals surface area contributed by atoms with Crippen molar-refractivity contribution in [2.45, 2.75) is 19.4 Å². The van der Waals surface area contributed by atoms with Crippen molar-refractivity contribution >= 4 is 11.6 Å². The second-order valence-corrected chi connectivity index (χ2v) is 3.69. The van der Waals surface area contributed by atoms with Gasteiger partial charge in [0.15, 0.2) is 0 Å². The van der Waals surface area contributed by atoms with Crippen LogP contribution < -0.4 is 0 Å². The van der Waals surface area contributed by atoms with Gasteiger partial charge in [-0.15, -0.1) is 0 Å². The summed E-state index contributed by atoms with van der Waals surface area (Å²) in [4.78, 5) is 2.80. The smallest absolute Gasteiger partial charge is 0.0681 e. The van der Waals surface area contributed by atoms with E-state index in [9.17, 15) is 0 Å². The summed E-state index contributed by atoms with van der Waals surface area (Å²) >= 11 is 5.74. The van der Waals surface area contributed by atoms with Gasteiger partial charge < -0.3 is 0 Å². The van der Waals surface area contributed by atoms with Crippen LogP contribution in [-0.4, -0.2) is 0 Å². The molecule has 0 saturated carbocycles. The second-order valence-electron chi connectivity index (χ2n) is 3.26. The average molecular weight is 196 g/mol. The molecule has 0 N–H and O–H groups in total. The van der Waals surface area contributed by atoms with Crippen molar-refractivity contribution in [1.29, 1.82) is 0 Å². The number of hydrogen-bond donors (Lipinski definition) is 0. The predicted octanol–water partition coefficient (Wildman–Crippen LogP) is 3.89. The Morgan fingerprint density at radius 3 is 2.31 bits per heavy atom. The fourth-order valence-electron chi connectivity index (χ4n) is 1.03. The van der Waals surface area contributed by atoms with Crippen molar-refractivity contribution in [2.24, 2.45) is 5.11 Å². The molecular weight excluding hydrogens is 186 g/mol. The Labute approximate surface area is 82.0 Å². The highest BCUT2D eigenvalue weighted by Gasteiger charge is 2.17. The van der Waals surface area contributed by atoms with Gasteiger partial charge in [0.1, 0.15) is 0 Å². The molecule has 0 aliphatic carbocycles. The van der Waals surface area contributed by atoms with E-state index in [4.69, 9.17) is 17.1 Å². The SMILES string of the molecule is CC(C)(N=[N+]=[N-])c1ccc(Cl)cc1. The van der Waals surface area contributed by atoms with Gasteiger partial charge in [-0.3, -0.25) is 0 Å². The first-order valence-corrected chi connectivity index (χ1v) is 4.26. The third kappa shape index (κ3) is 2.38. The van der Waals surface area contributed by atoms with Gasteiger partial charge in [-0.1, -0.05) is 42.7 Å². The van der Waals surface area contributed by atoms with Gasteiger partial charge in [0, 0.05) is 9.93 Å². The standard InChI is InChI=1S/C9H10ClN3/c1-9(2,12-13-11)7-3-5-8(10)6-4-7/h3-6H,1-2H3. The molecule has 1 aromatic rings. The van der Waals surface area contributed by atoms with E-state index in [2.05, 4.69) is 10.0 Å². The number of benzene rings is 1. The molecule has 68 valence electrons. The van der Waals surface area contributed by atoms with Crippen LogP contribution in [0.2, 0.25) is 5.02 Å². The minimum atomic E-state index is -0.515. The molecule has 3 nitrogen and oxygen atoms in total. The minimum absolute atomic E-state index is 0.515. The molecule has 1 aromatic carbocycles. The normalized spacial score (nSPS) is 10.7. The molecule has 0 heterocycles. The van der Waals surface area contributed by atoms with Crippen LogP contribution in [0.25, 0.3) is 10.4 Å². The van der Waals surface area contributed by atoms with Crippen LogP contribution in [0.4, 0.5) is 0 Å². The van der Waals surface area contributed by atoms with E-state index in [-0.39, 0.29) is 0 Å². The summed E-state index contributed by atoms with van der Waals surface area (Å²) in [5.74, 6) is 0. The number of nitrogens with zero attached hydrogens (tertiary/aromatic N) is 3. The molecule has 0 bridgehead atoms. The fourth-order valence-corrected chi connectivity index (χ4v) is 1.15. The van der Waals surface area contributed by atoms with Crippen LogP contribution in [0.5, 0.6) is 0 Å². The highest BCUT2D eigenvalue weighted by Crippen LogP contribution is 2.25. The summed E-state index contributed by atoms with van der Waals surface area (Å²) in [6, 6.07) is 7.28. The van der Waals surface area contributed by atoms with Crippen LogP contribution in [0.3, 0.4) is 0 Å². The van der Waals surface area contributed by atoms with E-state index in [0.717, 1.165) is 5.56 Å². The Bertz CT molecular complexity index is 336. The Morgan fingerprint density at radius 2 is 1.85 bits per heavy atom. The van der Waals surface area contributed by atoms with Crippen molar-refractivity contribution in [2.75, 3.05) is 0 Å². The van der Waals surface area contributed by atoms with Crippen LogP contribution in [-0.2, 0) is 5.54 Å². The fraction of sp³-hybridized carbons (Fsp3) is 0.333. The van der Waals surface area contributed by atoms with Crippen molar-refractivity contribution < 1.29 is 0 Å². The number of halogens is 1. The zero-order valence-electron chi connectivity index (χ0n) is 7.53. The van der Waals surface area contributed by atoms with E-state index in [0.29, 0.717) is 5.02 Å². The number of rotatable bonds is 2. The molecule has 0 aliphatic rings. The molecular formula is C9H10ClN3. The molecule has 0 radical (unpaired) electrons. The first-order chi connectivity index (χ1) is 6.06. The molecule has 0 saturated heterocycles. The topological polar surface area (TPSA) is 48.8 Å². The van der Waals surface area contributed by atoms with Crippen molar-refractivity contribution in [3.8, 4) is 0 Å². The maximum Gasteiger partial charge on any atom is 0.0681 e. The first kappa shape index (κ1) is 9.90. The second kappa shape index (κ2) is 3.69. The van der Waals surface area contributed by atoms with E-state index < -0.39 is 5.54 Å². The van der Waals surface area contributed by atoms with Crippen LogP contribution in [0.1, 0.15) is 19.4 Å². The van der Waals surface area contributed by atoms with E-state index in [1.54, 1.807) is 12.1 Å². The van der Waals surface area contributed by atoms with Crippen LogP contribution >= 0.6 is 11.6 Å². The van der Waals surface area contributed by atoms with Crippen LogP contribution in [0, 0.1) is 0 Å². The Morgan fingerprint density at radius 1 is 1.31 bits per heavy atom. The van der Waals surface area contributed by atoms with Gasteiger partial charge in [0.05, 0.1) is 5.54 Å². The Hall–Kier alpha value is -1.18. The lowest BCUT2D eigenvalue weighted by molar-refractivity contribution is 0.550. The van der Waals surface area contributed by atoms with Gasteiger partial charge in [-0.25, -0.2) is 0 Å². The Kier molecular flexibility index (Phi) is 2.81. The highest BCUT2D eigenvalue weighted by molar-refractivity contribution is 6.30. The molecule has 0 aromatic heterocycles. The van der Waals surface area contributed by atoms with Gasteiger partial charge in [-0.05, 0) is 23.2 Å². The molecule has 0 unspecified atom stereocenters. The maximum absolute atomic E-state index is 8.35. The van der Waals surface area contributed by atoms with Gasteiger partial charge in [-0.2, -0.15) is 0 Å². The molecule has 4 heteroatoms. The van der Waals surface area contributed by atoms with Gasteiger partial charge in [0.2, 0.25) is 0 Å². The van der Waals surface area contributed by atoms with Crippen molar-refractivity contribution in [3.05, 3.63) is 45.3 Å². The summed E-state index contributed by atoms with van der Waals surface area (Å²) in [6.07, 6.45) is 0. The van der Waals surface area contributed by atoms with E-state index in [1.165, 1.54) is 0 Å². The lowest BCUT2D eigenvalue weighted by Crippen LogP contribution is -2.11. The zero-order valence-corrected chi connectivity index (χ0v) is 8.28. The zero-order chi connectivity index (χ0) is 9.90. The molecule has 0 fully saturated rings. The summed E-state index contributed by atoms with van der Waals surface area (Å²) in [5, 5.41) is 4.37. The average Bonchev–Trinajstić information content (AvgIpc) is 2.05. The first-order valence-electron chi connectivity index (χ1n) is 3.88.